The Labute approximate surface area is 176 Å². The van der Waals surface area contributed by atoms with Crippen molar-refractivity contribution in [1.29, 1.82) is 0 Å². The molecule has 1 aromatic heterocycles. The summed E-state index contributed by atoms with van der Waals surface area (Å²) in [5.41, 5.74) is 3.33. The highest BCUT2D eigenvalue weighted by molar-refractivity contribution is 6.31. The molecule has 0 amide bonds. The zero-order valence-electron chi connectivity index (χ0n) is 16.7. The Hall–Kier alpha value is -2.34. The second-order valence-corrected chi connectivity index (χ2v) is 7.58. The van der Waals surface area contributed by atoms with Gasteiger partial charge in [-0.15, -0.1) is 0 Å². The third kappa shape index (κ3) is 4.81. The molecule has 5 nitrogen and oxygen atoms in total. The van der Waals surface area contributed by atoms with Gasteiger partial charge in [-0.1, -0.05) is 35.9 Å². The normalized spacial score (nSPS) is 14.3. The molecule has 0 radical (unpaired) electrons. The fraction of sp³-hybridized carbons (Fsp3) is 0.348. The van der Waals surface area contributed by atoms with Gasteiger partial charge in [-0.3, -0.25) is 0 Å². The maximum Gasteiger partial charge on any atom is 0.133 e. The first-order valence-electron chi connectivity index (χ1n) is 9.99. The van der Waals surface area contributed by atoms with Crippen LogP contribution in [-0.2, 0) is 17.7 Å². The van der Waals surface area contributed by atoms with Crippen molar-refractivity contribution >= 4 is 28.3 Å². The van der Waals surface area contributed by atoms with Gasteiger partial charge in [-0.25, -0.2) is 4.98 Å². The molecule has 1 saturated heterocycles. The topological polar surface area (TPSA) is 46.6 Å². The van der Waals surface area contributed by atoms with Gasteiger partial charge in [0, 0.05) is 35.6 Å². The minimum absolute atomic E-state index is 0.709. The Kier molecular flexibility index (Phi) is 6.49. The minimum Gasteiger partial charge on any atom is -0.496 e. The molecule has 0 aliphatic carbocycles. The number of methoxy groups -OCH3 is 1. The van der Waals surface area contributed by atoms with E-state index in [0.29, 0.717) is 5.02 Å². The maximum absolute atomic E-state index is 6.19. The quantitative estimate of drug-likeness (QED) is 0.594. The van der Waals surface area contributed by atoms with Crippen LogP contribution in [0.1, 0.15) is 11.1 Å². The van der Waals surface area contributed by atoms with Gasteiger partial charge in [0.05, 0.1) is 25.8 Å². The number of benzene rings is 2. The summed E-state index contributed by atoms with van der Waals surface area (Å²) < 4.78 is 11.0. The predicted molar refractivity (Wildman–Crippen MR) is 118 cm³/mol. The van der Waals surface area contributed by atoms with E-state index in [0.717, 1.165) is 68.3 Å². The van der Waals surface area contributed by atoms with E-state index in [1.54, 1.807) is 7.11 Å². The summed E-state index contributed by atoms with van der Waals surface area (Å²) in [6, 6.07) is 16.3. The maximum atomic E-state index is 6.19. The molecule has 0 saturated carbocycles. The molecule has 0 bridgehead atoms. The average molecular weight is 412 g/mol. The Morgan fingerprint density at radius 1 is 1.10 bits per heavy atom. The zero-order chi connectivity index (χ0) is 20.1. The smallest absolute Gasteiger partial charge is 0.133 e. The third-order valence-electron chi connectivity index (χ3n) is 5.23. The number of nitrogens with one attached hydrogen (secondary N) is 1. The van der Waals surface area contributed by atoms with Crippen LogP contribution in [0.4, 0.5) is 5.82 Å². The number of halogens is 1. The largest absolute Gasteiger partial charge is 0.496 e. The van der Waals surface area contributed by atoms with Crippen LogP contribution in [0.2, 0.25) is 5.02 Å². The second-order valence-electron chi connectivity index (χ2n) is 7.15. The highest BCUT2D eigenvalue weighted by atomic mass is 35.5. The molecule has 2 heterocycles. The Balaban J connectivity index is 1.51. The first kappa shape index (κ1) is 20.0. The van der Waals surface area contributed by atoms with Crippen molar-refractivity contribution < 1.29 is 9.47 Å². The van der Waals surface area contributed by atoms with E-state index in [1.807, 2.05) is 36.4 Å². The monoisotopic (exact) mass is 411 g/mol. The number of para-hydroxylation sites is 1. The van der Waals surface area contributed by atoms with Crippen molar-refractivity contribution in [3.63, 3.8) is 0 Å². The number of fused-ring (bicyclic) bond motifs is 1. The van der Waals surface area contributed by atoms with Crippen molar-refractivity contribution in [2.24, 2.45) is 0 Å². The van der Waals surface area contributed by atoms with E-state index in [9.17, 15) is 0 Å². The molecule has 0 atom stereocenters. The molecule has 29 heavy (non-hydrogen) atoms. The molecule has 1 N–H and O–H groups in total. The molecular formula is C23H26ClN3O2. The summed E-state index contributed by atoms with van der Waals surface area (Å²) in [6.07, 6.45) is 0.910. The number of morpholine rings is 1. The van der Waals surface area contributed by atoms with Gasteiger partial charge in [0.1, 0.15) is 11.6 Å². The average Bonchev–Trinajstić information content (AvgIpc) is 2.77. The number of ether oxygens (including phenoxy) is 2. The third-order valence-corrected chi connectivity index (χ3v) is 5.46. The van der Waals surface area contributed by atoms with Crippen molar-refractivity contribution in [2.75, 3.05) is 44.9 Å². The summed E-state index contributed by atoms with van der Waals surface area (Å²) >= 11 is 6.19. The van der Waals surface area contributed by atoms with Crippen molar-refractivity contribution in [1.82, 2.24) is 10.3 Å². The number of rotatable bonds is 7. The van der Waals surface area contributed by atoms with E-state index in [-0.39, 0.29) is 0 Å². The lowest BCUT2D eigenvalue weighted by molar-refractivity contribution is 0.122. The van der Waals surface area contributed by atoms with E-state index in [4.69, 9.17) is 26.1 Å². The standard InChI is InChI=1S/C23H26ClN3O2/c1-28-22-5-3-2-4-17(22)8-9-25-16-19-14-18-6-7-20(24)15-21(18)26-23(19)27-10-12-29-13-11-27/h2-7,14-15,25H,8-13,16H2,1H3. The Bertz CT molecular complexity index is 973. The molecule has 3 aromatic rings. The number of anilines is 1. The second kappa shape index (κ2) is 9.44. The zero-order valence-corrected chi connectivity index (χ0v) is 17.4. The lowest BCUT2D eigenvalue weighted by atomic mass is 10.1. The molecule has 2 aromatic carbocycles. The number of nitrogens with zero attached hydrogens (tertiary/aromatic N) is 2. The van der Waals surface area contributed by atoms with E-state index >= 15 is 0 Å². The summed E-state index contributed by atoms with van der Waals surface area (Å²) in [6.45, 7) is 4.79. The van der Waals surface area contributed by atoms with Gasteiger partial charge in [0.25, 0.3) is 0 Å². The van der Waals surface area contributed by atoms with Crippen LogP contribution in [-0.4, -0.2) is 44.9 Å². The lowest BCUT2D eigenvalue weighted by Crippen LogP contribution is -2.37. The van der Waals surface area contributed by atoms with E-state index in [2.05, 4.69) is 22.3 Å². The summed E-state index contributed by atoms with van der Waals surface area (Å²) in [4.78, 5) is 7.26. The summed E-state index contributed by atoms with van der Waals surface area (Å²) in [7, 11) is 1.72. The lowest BCUT2D eigenvalue weighted by Gasteiger charge is -2.30. The van der Waals surface area contributed by atoms with Crippen LogP contribution in [0.15, 0.2) is 48.5 Å². The number of hydrogen-bond donors (Lipinski definition) is 1. The van der Waals surface area contributed by atoms with Gasteiger partial charge in [-0.2, -0.15) is 0 Å². The first-order chi connectivity index (χ1) is 14.2. The molecule has 1 fully saturated rings. The number of aromatic nitrogens is 1. The molecule has 1 aliphatic heterocycles. The molecule has 0 unspecified atom stereocenters. The molecule has 4 rings (SSSR count). The Morgan fingerprint density at radius 2 is 1.93 bits per heavy atom. The van der Waals surface area contributed by atoms with E-state index < -0.39 is 0 Å². The highest BCUT2D eigenvalue weighted by Gasteiger charge is 2.17. The number of pyridine rings is 1. The van der Waals surface area contributed by atoms with Gasteiger partial charge in [0.2, 0.25) is 0 Å². The van der Waals surface area contributed by atoms with Crippen molar-refractivity contribution in [3.05, 3.63) is 64.7 Å². The van der Waals surface area contributed by atoms with E-state index in [1.165, 1.54) is 11.1 Å². The molecule has 6 heteroatoms. The van der Waals surface area contributed by atoms with Crippen molar-refractivity contribution in [3.8, 4) is 5.75 Å². The van der Waals surface area contributed by atoms with Crippen LogP contribution in [0, 0.1) is 0 Å². The molecule has 0 spiro atoms. The highest BCUT2D eigenvalue weighted by Crippen LogP contribution is 2.26. The van der Waals surface area contributed by atoms with Crippen LogP contribution in [0.25, 0.3) is 10.9 Å². The summed E-state index contributed by atoms with van der Waals surface area (Å²) in [5, 5.41) is 5.39. The fourth-order valence-corrected chi connectivity index (χ4v) is 3.87. The van der Waals surface area contributed by atoms with Gasteiger partial charge >= 0.3 is 0 Å². The predicted octanol–water partition coefficient (Wildman–Crippen LogP) is 4.07. The summed E-state index contributed by atoms with van der Waals surface area (Å²) in [5.74, 6) is 1.96. The van der Waals surface area contributed by atoms with Crippen LogP contribution in [0.5, 0.6) is 5.75 Å². The Morgan fingerprint density at radius 3 is 2.76 bits per heavy atom. The number of hydrogen-bond acceptors (Lipinski definition) is 5. The first-order valence-corrected chi connectivity index (χ1v) is 10.4. The molecule has 1 aliphatic rings. The minimum atomic E-state index is 0.709. The SMILES string of the molecule is COc1ccccc1CCNCc1cc2ccc(Cl)cc2nc1N1CCOCC1. The van der Waals surface area contributed by atoms with Gasteiger partial charge in [0.15, 0.2) is 0 Å². The molecular weight excluding hydrogens is 386 g/mol. The molecule has 152 valence electrons. The fourth-order valence-electron chi connectivity index (χ4n) is 3.71. The van der Waals surface area contributed by atoms with Crippen molar-refractivity contribution in [2.45, 2.75) is 13.0 Å². The van der Waals surface area contributed by atoms with Gasteiger partial charge in [-0.05, 0) is 42.8 Å². The van der Waals surface area contributed by atoms with Crippen LogP contribution >= 0.6 is 11.6 Å². The van der Waals surface area contributed by atoms with Crippen LogP contribution in [0.3, 0.4) is 0 Å². The van der Waals surface area contributed by atoms with Gasteiger partial charge < -0.3 is 19.7 Å². The van der Waals surface area contributed by atoms with Crippen LogP contribution < -0.4 is 15.0 Å².